The third-order valence-electron chi connectivity index (χ3n) is 4.27. The molecule has 0 heterocycles. The molecule has 0 unspecified atom stereocenters. The molecule has 1 amide bonds. The highest BCUT2D eigenvalue weighted by Crippen LogP contribution is 2.49. The molecule has 2 aromatic carbocycles. The van der Waals surface area contributed by atoms with Crippen molar-refractivity contribution < 1.29 is 27.9 Å². The second-order valence-electron chi connectivity index (χ2n) is 6.21. The van der Waals surface area contributed by atoms with Gasteiger partial charge in [0.15, 0.2) is 0 Å². The Kier molecular flexibility index (Phi) is 8.59. The fraction of sp³-hybridized carbons (Fsp3) is 0.300. The van der Waals surface area contributed by atoms with Gasteiger partial charge in [0.05, 0.1) is 13.3 Å². The molecule has 1 N–H and O–H groups in total. The number of benzene rings is 2. The van der Waals surface area contributed by atoms with E-state index in [0.29, 0.717) is 17.5 Å². The first-order valence-corrected chi connectivity index (χ1v) is 11.2. The van der Waals surface area contributed by atoms with E-state index in [4.69, 9.17) is 13.8 Å². The zero-order valence-electron chi connectivity index (χ0n) is 16.4. The quantitative estimate of drug-likeness (QED) is 0.428. The van der Waals surface area contributed by atoms with Crippen molar-refractivity contribution in [3.63, 3.8) is 0 Å². The molecule has 0 radical (unpaired) electrons. The van der Waals surface area contributed by atoms with Crippen molar-refractivity contribution in [1.82, 2.24) is 5.32 Å². The lowest BCUT2D eigenvalue weighted by Crippen LogP contribution is -2.43. The number of rotatable bonds is 9. The molecule has 0 aromatic heterocycles. The number of amides is 1. The maximum atomic E-state index is 12.6. The van der Waals surface area contributed by atoms with Crippen molar-refractivity contribution in [1.29, 1.82) is 0 Å². The number of ether oxygens (including phenoxy) is 1. The maximum Gasteiger partial charge on any atom is 0.334 e. The highest BCUT2D eigenvalue weighted by Gasteiger charge is 2.24. The number of hydrogen-bond acceptors (Lipinski definition) is 6. The van der Waals surface area contributed by atoms with Crippen LogP contribution >= 0.6 is 23.5 Å². The molecular formula is C20H23BrNO6P. The van der Waals surface area contributed by atoms with Gasteiger partial charge in [-0.05, 0) is 35.4 Å². The van der Waals surface area contributed by atoms with Crippen LogP contribution in [0, 0.1) is 0 Å². The highest BCUT2D eigenvalue weighted by molar-refractivity contribution is 9.10. The molecule has 9 heteroatoms. The van der Waals surface area contributed by atoms with Crippen molar-refractivity contribution in [3.8, 4) is 0 Å². The van der Waals surface area contributed by atoms with E-state index in [2.05, 4.69) is 21.2 Å². The molecule has 0 aliphatic heterocycles. The zero-order chi connectivity index (χ0) is 21.4. The molecule has 1 atom stereocenters. The third-order valence-corrected chi connectivity index (χ3v) is 6.63. The van der Waals surface area contributed by atoms with Gasteiger partial charge in [0, 0.05) is 30.7 Å². The van der Waals surface area contributed by atoms with E-state index in [1.54, 1.807) is 24.3 Å². The van der Waals surface area contributed by atoms with Crippen LogP contribution in [0.3, 0.4) is 0 Å². The molecule has 7 nitrogen and oxygen atoms in total. The van der Waals surface area contributed by atoms with Crippen molar-refractivity contribution in [2.75, 3.05) is 21.3 Å². The summed E-state index contributed by atoms with van der Waals surface area (Å²) in [6, 6.07) is 13.2. The van der Waals surface area contributed by atoms with Crippen molar-refractivity contribution >= 4 is 35.4 Å². The molecule has 0 aliphatic carbocycles. The van der Waals surface area contributed by atoms with Gasteiger partial charge in [-0.1, -0.05) is 40.2 Å². The lowest BCUT2D eigenvalue weighted by molar-refractivity contribution is -0.142. The van der Waals surface area contributed by atoms with Crippen LogP contribution in [0.15, 0.2) is 53.0 Å². The Morgan fingerprint density at radius 2 is 1.69 bits per heavy atom. The Balaban J connectivity index is 2.10. The summed E-state index contributed by atoms with van der Waals surface area (Å²) in [4.78, 5) is 24.7. The Bertz CT molecular complexity index is 894. The Labute approximate surface area is 178 Å². The molecule has 156 valence electrons. The van der Waals surface area contributed by atoms with Gasteiger partial charge < -0.3 is 19.1 Å². The summed E-state index contributed by atoms with van der Waals surface area (Å²) >= 11 is 3.39. The van der Waals surface area contributed by atoms with Crippen LogP contribution in [-0.2, 0) is 35.7 Å². The van der Waals surface area contributed by atoms with Crippen molar-refractivity contribution in [3.05, 3.63) is 69.7 Å². The molecule has 0 aliphatic rings. The molecule has 29 heavy (non-hydrogen) atoms. The fourth-order valence-corrected chi connectivity index (χ4v) is 4.18. The number of esters is 1. The van der Waals surface area contributed by atoms with Gasteiger partial charge in [0.25, 0.3) is 5.91 Å². The summed E-state index contributed by atoms with van der Waals surface area (Å²) in [7, 11) is 0.736. The van der Waals surface area contributed by atoms with Crippen LogP contribution in [-0.4, -0.2) is 39.2 Å². The fourth-order valence-electron chi connectivity index (χ4n) is 2.67. The number of nitrogens with one attached hydrogen (secondary N) is 1. The van der Waals surface area contributed by atoms with Crippen molar-refractivity contribution in [2.45, 2.75) is 18.6 Å². The normalized spacial score (nSPS) is 12.3. The van der Waals surface area contributed by atoms with Gasteiger partial charge >= 0.3 is 13.6 Å². The van der Waals surface area contributed by atoms with Crippen LogP contribution in [0.1, 0.15) is 21.5 Å². The van der Waals surface area contributed by atoms with Gasteiger partial charge in [0.2, 0.25) is 0 Å². The maximum absolute atomic E-state index is 12.6. The van der Waals surface area contributed by atoms with Gasteiger partial charge in [-0.15, -0.1) is 0 Å². The van der Waals surface area contributed by atoms with Crippen LogP contribution in [0.2, 0.25) is 0 Å². The third kappa shape index (κ3) is 6.78. The van der Waals surface area contributed by atoms with E-state index in [1.807, 2.05) is 24.3 Å². The summed E-state index contributed by atoms with van der Waals surface area (Å²) < 4.78 is 27.8. The molecule has 2 aromatic rings. The van der Waals surface area contributed by atoms with Crippen LogP contribution in [0.25, 0.3) is 0 Å². The average Bonchev–Trinajstić information content (AvgIpc) is 2.73. The SMILES string of the molecule is COC(=O)[C@@H](Cc1cccc(Br)c1)NC(=O)c1ccc(CP(=O)(OC)OC)cc1. The van der Waals surface area contributed by atoms with E-state index >= 15 is 0 Å². The minimum Gasteiger partial charge on any atom is -0.467 e. The topological polar surface area (TPSA) is 90.9 Å². The first kappa shape index (κ1) is 23.3. The van der Waals surface area contributed by atoms with Gasteiger partial charge in [-0.3, -0.25) is 9.36 Å². The number of methoxy groups -OCH3 is 1. The lowest BCUT2D eigenvalue weighted by atomic mass is 10.1. The minimum atomic E-state index is -3.19. The summed E-state index contributed by atoms with van der Waals surface area (Å²) in [5.41, 5.74) is 1.94. The monoisotopic (exact) mass is 483 g/mol. The molecule has 0 saturated heterocycles. The van der Waals surface area contributed by atoms with E-state index in [0.717, 1.165) is 10.0 Å². The second kappa shape index (κ2) is 10.7. The average molecular weight is 484 g/mol. The number of carbonyl (C=O) groups excluding carboxylic acids is 2. The predicted molar refractivity (Wildman–Crippen MR) is 113 cm³/mol. The number of carbonyl (C=O) groups is 2. The Hall–Kier alpha value is -1.99. The van der Waals surface area contributed by atoms with Crippen molar-refractivity contribution in [2.24, 2.45) is 0 Å². The first-order valence-electron chi connectivity index (χ1n) is 8.73. The van der Waals surface area contributed by atoms with Crippen LogP contribution in [0.5, 0.6) is 0 Å². The molecular weight excluding hydrogens is 461 g/mol. The molecule has 0 saturated carbocycles. The number of halogens is 1. The molecule has 0 bridgehead atoms. The summed E-state index contributed by atoms with van der Waals surface area (Å²) in [6.45, 7) is 0. The first-order chi connectivity index (χ1) is 13.8. The minimum absolute atomic E-state index is 0.0928. The van der Waals surface area contributed by atoms with Crippen LogP contribution < -0.4 is 5.32 Å². The van der Waals surface area contributed by atoms with E-state index < -0.39 is 25.5 Å². The van der Waals surface area contributed by atoms with E-state index in [9.17, 15) is 14.2 Å². The second-order valence-corrected chi connectivity index (χ2v) is 9.40. The van der Waals surface area contributed by atoms with E-state index in [-0.39, 0.29) is 6.16 Å². The molecule has 0 fully saturated rings. The van der Waals surface area contributed by atoms with Crippen LogP contribution in [0.4, 0.5) is 0 Å². The predicted octanol–water partition coefficient (Wildman–Crippen LogP) is 3.95. The molecule has 0 spiro atoms. The summed E-state index contributed by atoms with van der Waals surface area (Å²) in [5.74, 6) is -0.945. The largest absolute Gasteiger partial charge is 0.467 e. The van der Waals surface area contributed by atoms with Gasteiger partial charge in [-0.25, -0.2) is 4.79 Å². The Morgan fingerprint density at radius 1 is 1.03 bits per heavy atom. The summed E-state index contributed by atoms with van der Waals surface area (Å²) in [6.07, 6.45) is 0.385. The Morgan fingerprint density at radius 3 is 2.24 bits per heavy atom. The highest BCUT2D eigenvalue weighted by atomic mass is 79.9. The summed E-state index contributed by atoms with van der Waals surface area (Å²) in [5, 5.41) is 2.71. The number of hydrogen-bond donors (Lipinski definition) is 1. The van der Waals surface area contributed by atoms with Gasteiger partial charge in [-0.2, -0.15) is 0 Å². The van der Waals surface area contributed by atoms with Gasteiger partial charge in [0.1, 0.15) is 6.04 Å². The zero-order valence-corrected chi connectivity index (χ0v) is 18.9. The molecule has 2 rings (SSSR count). The van der Waals surface area contributed by atoms with E-state index in [1.165, 1.54) is 21.3 Å². The smallest absolute Gasteiger partial charge is 0.334 e. The lowest BCUT2D eigenvalue weighted by Gasteiger charge is -2.17. The standard InChI is InChI=1S/C20H23BrNO6P/c1-26-20(24)18(12-15-5-4-6-17(21)11-15)22-19(23)16-9-7-14(8-10-16)13-29(25,27-2)28-3/h4-11,18H,12-13H2,1-3H3,(H,22,23)/t18-/m1/s1.